The van der Waals surface area contributed by atoms with Crippen LogP contribution in [0.15, 0.2) is 23.1 Å². The normalized spacial score (nSPS) is 20.6. The second-order valence-corrected chi connectivity index (χ2v) is 5.71. The van der Waals surface area contributed by atoms with E-state index in [4.69, 9.17) is 0 Å². The molecule has 3 heteroatoms. The van der Waals surface area contributed by atoms with E-state index in [1.807, 2.05) is 30.0 Å². The van der Waals surface area contributed by atoms with E-state index in [1.165, 1.54) is 12.8 Å². The minimum Gasteiger partial charge on any atom is -0.336 e. The number of thiol groups is 1. The fourth-order valence-electron chi connectivity index (χ4n) is 2.57. The summed E-state index contributed by atoms with van der Waals surface area (Å²) in [7, 11) is 0. The summed E-state index contributed by atoms with van der Waals surface area (Å²) in [4.78, 5) is 15.5. The third kappa shape index (κ3) is 2.89. The molecule has 1 aromatic rings. The van der Waals surface area contributed by atoms with E-state index >= 15 is 0 Å². The summed E-state index contributed by atoms with van der Waals surface area (Å²) in [6, 6.07) is 6.14. The van der Waals surface area contributed by atoms with Crippen LogP contribution in [0, 0.1) is 6.92 Å². The monoisotopic (exact) mass is 263 g/mol. The van der Waals surface area contributed by atoms with Gasteiger partial charge in [0.25, 0.3) is 5.91 Å². The average molecular weight is 263 g/mol. The molecule has 0 N–H and O–H groups in total. The highest BCUT2D eigenvalue weighted by atomic mass is 32.1. The van der Waals surface area contributed by atoms with E-state index in [9.17, 15) is 4.79 Å². The van der Waals surface area contributed by atoms with Gasteiger partial charge >= 0.3 is 0 Å². The first-order valence-corrected chi connectivity index (χ1v) is 7.15. The molecule has 2 nitrogen and oxygen atoms in total. The summed E-state index contributed by atoms with van der Waals surface area (Å²) in [5, 5.41) is 0. The van der Waals surface area contributed by atoms with Crippen molar-refractivity contribution in [3.63, 3.8) is 0 Å². The lowest BCUT2D eigenvalue weighted by Crippen LogP contribution is -2.38. The molecule has 0 radical (unpaired) electrons. The van der Waals surface area contributed by atoms with Crippen molar-refractivity contribution in [3.05, 3.63) is 29.3 Å². The largest absolute Gasteiger partial charge is 0.336 e. The predicted octanol–water partition coefficient (Wildman–Crippen LogP) is 3.69. The molecular formula is C15H21NOS. The number of amides is 1. The molecule has 1 fully saturated rings. The highest BCUT2D eigenvalue weighted by Gasteiger charge is 2.24. The molecule has 0 bridgehead atoms. The van der Waals surface area contributed by atoms with Gasteiger partial charge < -0.3 is 4.90 Å². The molecule has 1 aromatic carbocycles. The van der Waals surface area contributed by atoms with Crippen LogP contribution in [0.3, 0.4) is 0 Å². The van der Waals surface area contributed by atoms with Crippen LogP contribution < -0.4 is 0 Å². The lowest BCUT2D eigenvalue weighted by atomic mass is 10.1. The van der Waals surface area contributed by atoms with Crippen LogP contribution in [0.2, 0.25) is 0 Å². The first kappa shape index (κ1) is 13.5. The second-order valence-electron chi connectivity index (χ2n) is 5.20. The van der Waals surface area contributed by atoms with Crippen molar-refractivity contribution in [1.82, 2.24) is 4.90 Å². The molecule has 0 spiro atoms. The van der Waals surface area contributed by atoms with E-state index in [0.717, 1.165) is 35.4 Å². The van der Waals surface area contributed by atoms with Crippen molar-refractivity contribution < 1.29 is 4.79 Å². The van der Waals surface area contributed by atoms with Crippen molar-refractivity contribution in [3.8, 4) is 0 Å². The van der Waals surface area contributed by atoms with E-state index in [0.29, 0.717) is 6.04 Å². The first-order chi connectivity index (χ1) is 8.59. The van der Waals surface area contributed by atoms with Crippen LogP contribution in [0.1, 0.15) is 48.5 Å². The van der Waals surface area contributed by atoms with Gasteiger partial charge in [0.1, 0.15) is 0 Å². The van der Waals surface area contributed by atoms with E-state index in [2.05, 4.69) is 19.6 Å². The van der Waals surface area contributed by atoms with E-state index in [-0.39, 0.29) is 5.91 Å². The Morgan fingerprint density at radius 2 is 2.11 bits per heavy atom. The van der Waals surface area contributed by atoms with Crippen molar-refractivity contribution in [1.29, 1.82) is 0 Å². The molecule has 1 aliphatic rings. The van der Waals surface area contributed by atoms with Gasteiger partial charge in [0, 0.05) is 23.0 Å². The lowest BCUT2D eigenvalue weighted by Gasteiger charge is -2.28. The summed E-state index contributed by atoms with van der Waals surface area (Å²) in [5.74, 6) is 0.165. The Kier molecular flexibility index (Phi) is 4.33. The molecule has 2 rings (SSSR count). The molecule has 1 atom stereocenters. The van der Waals surface area contributed by atoms with Gasteiger partial charge in [-0.25, -0.2) is 0 Å². The zero-order chi connectivity index (χ0) is 13.1. The van der Waals surface area contributed by atoms with Gasteiger partial charge in [-0.3, -0.25) is 4.79 Å². The van der Waals surface area contributed by atoms with Crippen molar-refractivity contribution >= 4 is 18.5 Å². The SMILES string of the molecule is Cc1ccc(S)cc1C(=O)N1CCCCCC1C. The topological polar surface area (TPSA) is 20.3 Å². The number of hydrogen-bond donors (Lipinski definition) is 1. The lowest BCUT2D eigenvalue weighted by molar-refractivity contribution is 0.0697. The summed E-state index contributed by atoms with van der Waals surface area (Å²) in [5.41, 5.74) is 1.84. The van der Waals surface area contributed by atoms with Crippen LogP contribution in [0.5, 0.6) is 0 Å². The fourth-order valence-corrected chi connectivity index (χ4v) is 2.78. The maximum absolute atomic E-state index is 12.6. The molecule has 1 unspecified atom stereocenters. The molecule has 1 amide bonds. The Hall–Kier alpha value is -0.960. The van der Waals surface area contributed by atoms with Crippen LogP contribution >= 0.6 is 12.6 Å². The van der Waals surface area contributed by atoms with Gasteiger partial charge in [0.15, 0.2) is 0 Å². The predicted molar refractivity (Wildman–Crippen MR) is 77.4 cm³/mol. The molecule has 18 heavy (non-hydrogen) atoms. The minimum absolute atomic E-state index is 0.165. The Balaban J connectivity index is 2.26. The molecule has 1 heterocycles. The van der Waals surface area contributed by atoms with Crippen LogP contribution in [-0.4, -0.2) is 23.4 Å². The van der Waals surface area contributed by atoms with Gasteiger partial charge in [0.05, 0.1) is 0 Å². The van der Waals surface area contributed by atoms with Crippen molar-refractivity contribution in [2.45, 2.75) is 50.5 Å². The highest BCUT2D eigenvalue weighted by Crippen LogP contribution is 2.22. The number of aryl methyl sites for hydroxylation is 1. The smallest absolute Gasteiger partial charge is 0.254 e. The molecule has 0 aromatic heterocycles. The minimum atomic E-state index is 0.165. The number of benzene rings is 1. The van der Waals surface area contributed by atoms with Crippen molar-refractivity contribution in [2.75, 3.05) is 6.54 Å². The number of hydrogen-bond acceptors (Lipinski definition) is 2. The van der Waals surface area contributed by atoms with E-state index < -0.39 is 0 Å². The maximum Gasteiger partial charge on any atom is 0.254 e. The number of likely N-dealkylation sites (tertiary alicyclic amines) is 1. The molecule has 0 aliphatic carbocycles. The Bertz CT molecular complexity index is 444. The van der Waals surface area contributed by atoms with Gasteiger partial charge in [-0.15, -0.1) is 12.6 Å². The molecular weight excluding hydrogens is 242 g/mol. The summed E-state index contributed by atoms with van der Waals surface area (Å²) in [6.07, 6.45) is 4.71. The van der Waals surface area contributed by atoms with Crippen LogP contribution in [0.25, 0.3) is 0 Å². The van der Waals surface area contributed by atoms with Crippen LogP contribution in [0.4, 0.5) is 0 Å². The second kappa shape index (κ2) is 5.79. The Morgan fingerprint density at radius 1 is 1.33 bits per heavy atom. The first-order valence-electron chi connectivity index (χ1n) is 6.70. The zero-order valence-corrected chi connectivity index (χ0v) is 12.0. The molecule has 0 saturated carbocycles. The Morgan fingerprint density at radius 3 is 2.89 bits per heavy atom. The molecule has 1 aliphatic heterocycles. The third-order valence-electron chi connectivity index (χ3n) is 3.77. The fraction of sp³-hybridized carbons (Fsp3) is 0.533. The van der Waals surface area contributed by atoms with Crippen LogP contribution in [-0.2, 0) is 0 Å². The van der Waals surface area contributed by atoms with Gasteiger partial charge in [-0.1, -0.05) is 18.9 Å². The van der Waals surface area contributed by atoms with Gasteiger partial charge in [0.2, 0.25) is 0 Å². The van der Waals surface area contributed by atoms with Crippen molar-refractivity contribution in [2.24, 2.45) is 0 Å². The average Bonchev–Trinajstić information content (AvgIpc) is 2.56. The summed E-state index contributed by atoms with van der Waals surface area (Å²) < 4.78 is 0. The number of rotatable bonds is 1. The van der Waals surface area contributed by atoms with Gasteiger partial charge in [-0.05, 0) is 44.4 Å². The quantitative estimate of drug-likeness (QED) is 0.766. The Labute approximate surface area is 115 Å². The van der Waals surface area contributed by atoms with Gasteiger partial charge in [-0.2, -0.15) is 0 Å². The third-order valence-corrected chi connectivity index (χ3v) is 4.04. The summed E-state index contributed by atoms with van der Waals surface area (Å²) >= 11 is 4.33. The number of carbonyl (C=O) groups is 1. The maximum atomic E-state index is 12.6. The molecule has 1 saturated heterocycles. The standard InChI is InChI=1S/C15H21NOS/c1-11-7-8-13(18)10-14(11)15(17)16-9-5-3-4-6-12(16)2/h7-8,10,12,18H,3-6,9H2,1-2H3. The van der Waals surface area contributed by atoms with E-state index in [1.54, 1.807) is 0 Å². The number of nitrogens with zero attached hydrogens (tertiary/aromatic N) is 1. The highest BCUT2D eigenvalue weighted by molar-refractivity contribution is 7.80. The molecule has 98 valence electrons. The summed E-state index contributed by atoms with van der Waals surface area (Å²) in [6.45, 7) is 5.03. The zero-order valence-electron chi connectivity index (χ0n) is 11.1. The number of carbonyl (C=O) groups excluding carboxylic acids is 1.